The normalized spacial score (nSPS) is 12.5. The summed E-state index contributed by atoms with van der Waals surface area (Å²) in [4.78, 5) is 11.9. The van der Waals surface area contributed by atoms with Crippen LogP contribution in [0.5, 0.6) is 0 Å². The van der Waals surface area contributed by atoms with Crippen LogP contribution in [0.2, 0.25) is 0 Å². The Kier molecular flexibility index (Phi) is 5.36. The highest BCUT2D eigenvalue weighted by Crippen LogP contribution is 2.15. The van der Waals surface area contributed by atoms with Crippen molar-refractivity contribution in [1.29, 1.82) is 0 Å². The molecule has 0 radical (unpaired) electrons. The molecule has 1 unspecified atom stereocenters. The van der Waals surface area contributed by atoms with Crippen LogP contribution in [0.15, 0.2) is 18.2 Å². The van der Waals surface area contributed by atoms with Crippen molar-refractivity contribution in [3.8, 4) is 0 Å². The van der Waals surface area contributed by atoms with E-state index in [0.717, 1.165) is 6.42 Å². The maximum absolute atomic E-state index is 11.9. The molecular formula is C15H23NO. The van der Waals surface area contributed by atoms with E-state index in [4.69, 9.17) is 5.73 Å². The molecule has 0 heterocycles. The van der Waals surface area contributed by atoms with E-state index in [1.165, 1.54) is 16.7 Å². The van der Waals surface area contributed by atoms with Gasteiger partial charge in [-0.15, -0.1) is 0 Å². The fourth-order valence-corrected chi connectivity index (χ4v) is 1.94. The molecule has 0 amide bonds. The zero-order valence-corrected chi connectivity index (χ0v) is 11.1. The number of carbonyl (C=O) groups excluding carboxylic acids is 1. The molecule has 0 aliphatic rings. The van der Waals surface area contributed by atoms with E-state index in [9.17, 15) is 4.79 Å². The lowest BCUT2D eigenvalue weighted by atomic mass is 9.95. The molecule has 0 aromatic heterocycles. The molecule has 17 heavy (non-hydrogen) atoms. The van der Waals surface area contributed by atoms with Crippen molar-refractivity contribution < 1.29 is 4.79 Å². The highest BCUT2D eigenvalue weighted by Gasteiger charge is 2.10. The van der Waals surface area contributed by atoms with Crippen molar-refractivity contribution >= 4 is 5.78 Å². The van der Waals surface area contributed by atoms with Gasteiger partial charge in [0, 0.05) is 12.8 Å². The monoisotopic (exact) mass is 233 g/mol. The van der Waals surface area contributed by atoms with Gasteiger partial charge in [0.2, 0.25) is 0 Å². The number of aryl methyl sites for hydroxylation is 2. The summed E-state index contributed by atoms with van der Waals surface area (Å²) < 4.78 is 0. The Hall–Kier alpha value is -1.15. The quantitative estimate of drug-likeness (QED) is 0.821. The molecule has 0 saturated carbocycles. The highest BCUT2D eigenvalue weighted by atomic mass is 16.1. The summed E-state index contributed by atoms with van der Waals surface area (Å²) in [7, 11) is 0. The second-order valence-electron chi connectivity index (χ2n) is 4.97. The largest absolute Gasteiger partial charge is 0.330 e. The van der Waals surface area contributed by atoms with Crippen molar-refractivity contribution in [2.45, 2.75) is 40.0 Å². The molecule has 94 valence electrons. The molecule has 0 aliphatic heterocycles. The topological polar surface area (TPSA) is 43.1 Å². The Morgan fingerprint density at radius 1 is 1.29 bits per heavy atom. The Bertz CT molecular complexity index is 364. The summed E-state index contributed by atoms with van der Waals surface area (Å²) in [6.45, 7) is 6.89. The van der Waals surface area contributed by atoms with E-state index in [2.05, 4.69) is 32.9 Å². The van der Waals surface area contributed by atoms with Gasteiger partial charge in [-0.25, -0.2) is 0 Å². The number of nitrogens with two attached hydrogens (primary N) is 1. The second kappa shape index (κ2) is 6.55. The lowest BCUT2D eigenvalue weighted by Gasteiger charge is -2.10. The molecule has 2 nitrogen and oxygen atoms in total. The van der Waals surface area contributed by atoms with Crippen molar-refractivity contribution in [2.24, 2.45) is 11.7 Å². The van der Waals surface area contributed by atoms with E-state index >= 15 is 0 Å². The molecule has 1 rings (SSSR count). The average molecular weight is 233 g/mol. The van der Waals surface area contributed by atoms with Gasteiger partial charge in [0.25, 0.3) is 0 Å². The summed E-state index contributed by atoms with van der Waals surface area (Å²) in [5.41, 5.74) is 9.17. The highest BCUT2D eigenvalue weighted by molar-refractivity contribution is 5.81. The Morgan fingerprint density at radius 3 is 2.41 bits per heavy atom. The van der Waals surface area contributed by atoms with Gasteiger partial charge in [-0.3, -0.25) is 4.79 Å². The minimum atomic E-state index is 0.322. The first kappa shape index (κ1) is 13.9. The number of ketones is 1. The number of hydrogen-bond donors (Lipinski definition) is 1. The van der Waals surface area contributed by atoms with E-state index in [1.54, 1.807) is 0 Å². The summed E-state index contributed by atoms with van der Waals surface area (Å²) in [6.07, 6.45) is 2.11. The van der Waals surface area contributed by atoms with Crippen LogP contribution in [0.4, 0.5) is 0 Å². The molecule has 2 N–H and O–H groups in total. The van der Waals surface area contributed by atoms with Crippen molar-refractivity contribution in [3.63, 3.8) is 0 Å². The summed E-state index contributed by atoms with van der Waals surface area (Å²) in [5.74, 6) is 0.764. The minimum Gasteiger partial charge on any atom is -0.330 e. The van der Waals surface area contributed by atoms with Gasteiger partial charge in [-0.1, -0.05) is 25.1 Å². The molecule has 0 spiro atoms. The molecule has 0 aliphatic carbocycles. The standard InChI is InChI=1S/C15H23NO/c1-11(10-16)7-8-14(17)9-15-12(2)5-4-6-13(15)3/h4-6,11H,7-10,16H2,1-3H3. The molecule has 1 atom stereocenters. The smallest absolute Gasteiger partial charge is 0.137 e. The number of Topliss-reactive ketones (excluding diaryl/α,β-unsaturated/α-hetero) is 1. The van der Waals surface area contributed by atoms with Gasteiger partial charge in [0.05, 0.1) is 0 Å². The van der Waals surface area contributed by atoms with Crippen molar-refractivity contribution in [3.05, 3.63) is 34.9 Å². The number of carbonyl (C=O) groups is 1. The van der Waals surface area contributed by atoms with Crippen LogP contribution in [-0.4, -0.2) is 12.3 Å². The van der Waals surface area contributed by atoms with Gasteiger partial charge in [-0.05, 0) is 49.4 Å². The van der Waals surface area contributed by atoms with Crippen LogP contribution in [0.25, 0.3) is 0 Å². The zero-order valence-electron chi connectivity index (χ0n) is 11.1. The lowest BCUT2D eigenvalue weighted by Crippen LogP contribution is -2.13. The molecule has 1 aromatic rings. The number of benzene rings is 1. The predicted octanol–water partition coefficient (Wildman–Crippen LogP) is 2.79. The van der Waals surface area contributed by atoms with Gasteiger partial charge < -0.3 is 5.73 Å². The first-order valence-corrected chi connectivity index (χ1v) is 6.31. The number of hydrogen-bond acceptors (Lipinski definition) is 2. The zero-order chi connectivity index (χ0) is 12.8. The Balaban J connectivity index is 2.56. The fraction of sp³-hybridized carbons (Fsp3) is 0.533. The minimum absolute atomic E-state index is 0.322. The van der Waals surface area contributed by atoms with E-state index in [-0.39, 0.29) is 0 Å². The van der Waals surface area contributed by atoms with Gasteiger partial charge >= 0.3 is 0 Å². The van der Waals surface area contributed by atoms with Crippen LogP contribution in [-0.2, 0) is 11.2 Å². The predicted molar refractivity (Wildman–Crippen MR) is 72.1 cm³/mol. The second-order valence-corrected chi connectivity index (χ2v) is 4.97. The number of rotatable bonds is 6. The average Bonchev–Trinajstić information content (AvgIpc) is 2.31. The first-order valence-electron chi connectivity index (χ1n) is 6.31. The summed E-state index contributed by atoms with van der Waals surface area (Å²) in [6, 6.07) is 6.17. The van der Waals surface area contributed by atoms with Gasteiger partial charge in [-0.2, -0.15) is 0 Å². The van der Waals surface area contributed by atoms with Crippen LogP contribution in [0.1, 0.15) is 36.5 Å². The summed E-state index contributed by atoms with van der Waals surface area (Å²) in [5, 5.41) is 0. The van der Waals surface area contributed by atoms with Crippen LogP contribution < -0.4 is 5.73 Å². The van der Waals surface area contributed by atoms with E-state index < -0.39 is 0 Å². The Labute approximate surface area is 104 Å². The fourth-order valence-electron chi connectivity index (χ4n) is 1.94. The maximum atomic E-state index is 11.9. The lowest BCUT2D eigenvalue weighted by molar-refractivity contribution is -0.118. The third-order valence-corrected chi connectivity index (χ3v) is 3.34. The third kappa shape index (κ3) is 4.31. The molecule has 1 aromatic carbocycles. The van der Waals surface area contributed by atoms with Crippen molar-refractivity contribution in [1.82, 2.24) is 0 Å². The van der Waals surface area contributed by atoms with Gasteiger partial charge in [0.1, 0.15) is 5.78 Å². The van der Waals surface area contributed by atoms with Crippen molar-refractivity contribution in [2.75, 3.05) is 6.54 Å². The van der Waals surface area contributed by atoms with Crippen LogP contribution in [0, 0.1) is 19.8 Å². The Morgan fingerprint density at radius 2 is 1.88 bits per heavy atom. The molecule has 0 saturated heterocycles. The maximum Gasteiger partial charge on any atom is 0.137 e. The molecule has 2 heteroatoms. The van der Waals surface area contributed by atoms with Crippen LogP contribution >= 0.6 is 0 Å². The first-order chi connectivity index (χ1) is 8.04. The summed E-state index contributed by atoms with van der Waals surface area (Å²) >= 11 is 0. The van der Waals surface area contributed by atoms with Gasteiger partial charge in [0.15, 0.2) is 0 Å². The SMILES string of the molecule is Cc1cccc(C)c1CC(=O)CCC(C)CN. The van der Waals surface area contributed by atoms with Crippen LogP contribution in [0.3, 0.4) is 0 Å². The van der Waals surface area contributed by atoms with E-state index in [1.807, 2.05) is 6.07 Å². The molecular weight excluding hydrogens is 210 g/mol. The molecule has 0 bridgehead atoms. The molecule has 0 fully saturated rings. The third-order valence-electron chi connectivity index (χ3n) is 3.34. The van der Waals surface area contributed by atoms with E-state index in [0.29, 0.717) is 31.1 Å².